The molecule has 2 aromatic carbocycles. The van der Waals surface area contributed by atoms with Gasteiger partial charge in [0, 0.05) is 15.6 Å². The monoisotopic (exact) mass is 511 g/mol. The summed E-state index contributed by atoms with van der Waals surface area (Å²) >= 11 is 7.42. The molecule has 1 fully saturated rings. The van der Waals surface area contributed by atoms with Gasteiger partial charge in [0.05, 0.1) is 30.8 Å². The molecule has 0 saturated carbocycles. The molecule has 10 heteroatoms. The summed E-state index contributed by atoms with van der Waals surface area (Å²) in [6.07, 6.45) is -0.246. The Morgan fingerprint density at radius 2 is 1.86 bits per heavy atom. The van der Waals surface area contributed by atoms with Crippen LogP contribution in [0.5, 0.6) is 0 Å². The summed E-state index contributed by atoms with van der Waals surface area (Å²) in [5.74, 6) is -1.46. The first-order chi connectivity index (χ1) is 16.9. The number of hydrogen-bond acceptors (Lipinski definition) is 6. The summed E-state index contributed by atoms with van der Waals surface area (Å²) in [6.45, 7) is 2.14. The van der Waals surface area contributed by atoms with Crippen molar-refractivity contribution in [2.24, 2.45) is 0 Å². The van der Waals surface area contributed by atoms with E-state index < -0.39 is 29.9 Å². The zero-order valence-corrected chi connectivity index (χ0v) is 20.3. The molecule has 0 bridgehead atoms. The average Bonchev–Trinajstić information content (AvgIpc) is 3.43. The van der Waals surface area contributed by atoms with Crippen molar-refractivity contribution in [2.45, 2.75) is 25.9 Å². The van der Waals surface area contributed by atoms with Gasteiger partial charge in [-0.25, -0.2) is 14.5 Å². The van der Waals surface area contributed by atoms with Gasteiger partial charge in [-0.2, -0.15) is 0 Å². The standard InChI is InChI=1S/C25H22ClN3O5S/c1-2-34-24(32)16-5-3-6-18(13-16)27-22(30)14-21-23(31)29(19-10-8-17(26)9-11-19)25(33)28(21)15-20-7-4-12-35-20/h3-13,21H,2,14-15H2,1H3,(H,27,30)/t21-/m0/s1. The van der Waals surface area contributed by atoms with E-state index in [9.17, 15) is 19.2 Å². The highest BCUT2D eigenvalue weighted by molar-refractivity contribution is 7.09. The highest BCUT2D eigenvalue weighted by Gasteiger charge is 2.46. The number of halogens is 1. The van der Waals surface area contributed by atoms with Crippen LogP contribution in [0.4, 0.5) is 16.2 Å². The number of ether oxygens (including phenoxy) is 1. The molecule has 1 aromatic heterocycles. The van der Waals surface area contributed by atoms with Crippen LogP contribution in [0.3, 0.4) is 0 Å². The van der Waals surface area contributed by atoms with Gasteiger partial charge in [0.1, 0.15) is 6.04 Å². The zero-order valence-electron chi connectivity index (χ0n) is 18.8. The fraction of sp³-hybridized carbons (Fsp3) is 0.200. The maximum absolute atomic E-state index is 13.3. The number of urea groups is 1. The predicted molar refractivity (Wildman–Crippen MR) is 134 cm³/mol. The van der Waals surface area contributed by atoms with Crippen LogP contribution in [0.2, 0.25) is 5.02 Å². The molecule has 0 spiro atoms. The number of amides is 4. The number of benzene rings is 2. The summed E-state index contributed by atoms with van der Waals surface area (Å²) in [5.41, 5.74) is 1.06. The van der Waals surface area contributed by atoms with Crippen molar-refractivity contribution >= 4 is 58.1 Å². The number of nitrogens with zero attached hydrogens (tertiary/aromatic N) is 2. The van der Waals surface area contributed by atoms with Gasteiger partial charge in [-0.3, -0.25) is 9.59 Å². The molecule has 4 rings (SSSR count). The minimum atomic E-state index is -0.992. The maximum Gasteiger partial charge on any atom is 0.338 e. The number of imide groups is 1. The van der Waals surface area contributed by atoms with Crippen molar-refractivity contribution in [3.05, 3.63) is 81.5 Å². The Bertz CT molecular complexity index is 1250. The average molecular weight is 512 g/mol. The van der Waals surface area contributed by atoms with E-state index in [4.69, 9.17) is 16.3 Å². The van der Waals surface area contributed by atoms with E-state index in [1.165, 1.54) is 22.3 Å². The Labute approximate surface area is 211 Å². The minimum absolute atomic E-state index is 0.197. The van der Waals surface area contributed by atoms with Gasteiger partial charge in [-0.1, -0.05) is 23.7 Å². The lowest BCUT2D eigenvalue weighted by Gasteiger charge is -2.21. The van der Waals surface area contributed by atoms with Gasteiger partial charge in [0.2, 0.25) is 5.91 Å². The SMILES string of the molecule is CCOC(=O)c1cccc(NC(=O)C[C@H]2C(=O)N(c3ccc(Cl)cc3)C(=O)N2Cc2cccs2)c1. The Morgan fingerprint density at radius 1 is 1.09 bits per heavy atom. The fourth-order valence-electron chi connectivity index (χ4n) is 3.74. The van der Waals surface area contributed by atoms with E-state index in [1.807, 2.05) is 17.5 Å². The summed E-state index contributed by atoms with van der Waals surface area (Å²) in [4.78, 5) is 54.9. The lowest BCUT2D eigenvalue weighted by Crippen LogP contribution is -2.37. The van der Waals surface area contributed by atoms with Crippen molar-refractivity contribution in [2.75, 3.05) is 16.8 Å². The second-order valence-corrected chi connectivity index (χ2v) is 9.18. The topological polar surface area (TPSA) is 96.0 Å². The summed E-state index contributed by atoms with van der Waals surface area (Å²) < 4.78 is 4.99. The molecule has 0 unspecified atom stereocenters. The Balaban J connectivity index is 1.54. The summed E-state index contributed by atoms with van der Waals surface area (Å²) in [5, 5.41) is 5.07. The quantitative estimate of drug-likeness (QED) is 0.341. The molecule has 1 aliphatic rings. The van der Waals surface area contributed by atoms with E-state index in [-0.39, 0.29) is 19.6 Å². The third kappa shape index (κ3) is 5.52. The molecule has 0 radical (unpaired) electrons. The number of carbonyl (C=O) groups is 4. The van der Waals surface area contributed by atoms with E-state index in [1.54, 1.807) is 49.4 Å². The lowest BCUT2D eigenvalue weighted by atomic mass is 10.1. The second kappa shape index (κ2) is 10.7. The van der Waals surface area contributed by atoms with Gasteiger partial charge in [-0.05, 0) is 60.8 Å². The van der Waals surface area contributed by atoms with Gasteiger partial charge in [0.25, 0.3) is 5.91 Å². The van der Waals surface area contributed by atoms with Crippen LogP contribution in [-0.4, -0.2) is 41.4 Å². The van der Waals surface area contributed by atoms with Crippen LogP contribution in [0.1, 0.15) is 28.6 Å². The number of thiophene rings is 1. The number of rotatable bonds is 8. The van der Waals surface area contributed by atoms with Gasteiger partial charge in [0.15, 0.2) is 0 Å². The number of esters is 1. The van der Waals surface area contributed by atoms with Gasteiger partial charge < -0.3 is 15.0 Å². The second-order valence-electron chi connectivity index (χ2n) is 7.71. The molecule has 180 valence electrons. The molecule has 1 aliphatic heterocycles. The van der Waals surface area contributed by atoms with Crippen LogP contribution >= 0.6 is 22.9 Å². The van der Waals surface area contributed by atoms with Crippen molar-refractivity contribution in [3.8, 4) is 0 Å². The van der Waals surface area contributed by atoms with Crippen LogP contribution in [-0.2, 0) is 20.9 Å². The summed E-state index contributed by atoms with van der Waals surface area (Å²) in [6, 6.07) is 14.9. The molecule has 2 heterocycles. The molecule has 35 heavy (non-hydrogen) atoms. The normalized spacial score (nSPS) is 15.4. The molecular weight excluding hydrogens is 490 g/mol. The first-order valence-electron chi connectivity index (χ1n) is 10.9. The number of anilines is 2. The summed E-state index contributed by atoms with van der Waals surface area (Å²) in [7, 11) is 0. The van der Waals surface area contributed by atoms with E-state index >= 15 is 0 Å². The number of hydrogen-bond donors (Lipinski definition) is 1. The van der Waals surface area contributed by atoms with Gasteiger partial charge >= 0.3 is 12.0 Å². The highest BCUT2D eigenvalue weighted by atomic mass is 35.5. The molecular formula is C25H22ClN3O5S. The van der Waals surface area contributed by atoms with E-state index in [0.717, 1.165) is 9.78 Å². The number of carbonyl (C=O) groups excluding carboxylic acids is 4. The smallest absolute Gasteiger partial charge is 0.338 e. The number of nitrogens with one attached hydrogen (secondary N) is 1. The Kier molecular flexibility index (Phi) is 7.48. The van der Waals surface area contributed by atoms with Gasteiger partial charge in [-0.15, -0.1) is 11.3 Å². The van der Waals surface area contributed by atoms with Crippen molar-refractivity contribution in [3.63, 3.8) is 0 Å². The van der Waals surface area contributed by atoms with Crippen LogP contribution in [0.15, 0.2) is 66.0 Å². The van der Waals surface area contributed by atoms with Crippen LogP contribution in [0.25, 0.3) is 0 Å². The lowest BCUT2D eigenvalue weighted by molar-refractivity contribution is -0.124. The maximum atomic E-state index is 13.3. The largest absolute Gasteiger partial charge is 0.462 e. The molecule has 0 aliphatic carbocycles. The minimum Gasteiger partial charge on any atom is -0.462 e. The van der Waals surface area contributed by atoms with Crippen molar-refractivity contribution < 1.29 is 23.9 Å². The molecule has 8 nitrogen and oxygen atoms in total. The molecule has 1 atom stereocenters. The van der Waals surface area contributed by atoms with Crippen LogP contribution in [0, 0.1) is 0 Å². The zero-order chi connectivity index (χ0) is 24.9. The predicted octanol–water partition coefficient (Wildman–Crippen LogP) is 4.94. The fourth-order valence-corrected chi connectivity index (χ4v) is 4.57. The Hall–Kier alpha value is -3.69. The molecule has 1 saturated heterocycles. The first-order valence-corrected chi connectivity index (χ1v) is 12.1. The molecule has 3 aromatic rings. The highest BCUT2D eigenvalue weighted by Crippen LogP contribution is 2.30. The van der Waals surface area contributed by atoms with Crippen LogP contribution < -0.4 is 10.2 Å². The first kappa shape index (κ1) is 24.4. The molecule has 4 amide bonds. The van der Waals surface area contributed by atoms with E-state index in [2.05, 4.69) is 5.32 Å². The third-order valence-corrected chi connectivity index (χ3v) is 6.46. The van der Waals surface area contributed by atoms with Crippen molar-refractivity contribution in [1.82, 2.24) is 4.90 Å². The molecule has 1 N–H and O–H groups in total. The van der Waals surface area contributed by atoms with Crippen molar-refractivity contribution in [1.29, 1.82) is 0 Å². The third-order valence-electron chi connectivity index (χ3n) is 5.35. The Morgan fingerprint density at radius 3 is 2.54 bits per heavy atom. The van der Waals surface area contributed by atoms with E-state index in [0.29, 0.717) is 22.0 Å².